The largest absolute Gasteiger partial charge is 0.481 e. The van der Waals surface area contributed by atoms with E-state index >= 15 is 0 Å². The molecule has 0 heterocycles. The highest BCUT2D eigenvalue weighted by Crippen LogP contribution is 2.23. The molecule has 0 spiro atoms. The summed E-state index contributed by atoms with van der Waals surface area (Å²) < 4.78 is 5.93. The number of anilines is 1. The van der Waals surface area contributed by atoms with Crippen LogP contribution in [0.5, 0.6) is 11.5 Å². The molecular formula is C31H30ClN5O5. The maximum atomic E-state index is 13.4. The average molecular weight is 588 g/mol. The smallest absolute Gasteiger partial charge is 0.307 e. The number of rotatable bonds is 11. The molecule has 0 aliphatic rings. The molecule has 4 aromatic carbocycles. The molecule has 1 atom stereocenters. The van der Waals surface area contributed by atoms with Crippen LogP contribution in [0.1, 0.15) is 21.5 Å². The lowest BCUT2D eigenvalue weighted by Crippen LogP contribution is -2.45. The molecule has 42 heavy (non-hydrogen) atoms. The maximum absolute atomic E-state index is 13.4. The standard InChI is InChI=1S/C31H29N5O5.ClH/c32-31(33)35-24-15-11-22(12-16-24)29(39)36-27(30(40)34-23-13-9-20(10-14-23)19-28(37)38)18-21-5-4-8-26(17-21)41-25-6-2-1-3-7-25;/h1-17,27H,18-19H2,(H,34,40)(H,36,39)(H,37,38)(H4,32,33,35);1H. The molecule has 7 N–H and O–H groups in total. The van der Waals surface area contributed by atoms with E-state index in [2.05, 4.69) is 15.6 Å². The average Bonchev–Trinajstić information content (AvgIpc) is 2.94. The number of carbonyl (C=O) groups excluding carboxylic acids is 2. The lowest BCUT2D eigenvalue weighted by atomic mass is 10.0. The highest BCUT2D eigenvalue weighted by atomic mass is 35.5. The molecule has 216 valence electrons. The number of aliphatic imine (C=N–C) groups is 1. The van der Waals surface area contributed by atoms with Gasteiger partial charge in [-0.1, -0.05) is 42.5 Å². The van der Waals surface area contributed by atoms with Crippen molar-refractivity contribution in [3.63, 3.8) is 0 Å². The van der Waals surface area contributed by atoms with Gasteiger partial charge in [0.1, 0.15) is 17.5 Å². The Morgan fingerprint density at radius 2 is 1.48 bits per heavy atom. The second kappa shape index (κ2) is 14.9. The summed E-state index contributed by atoms with van der Waals surface area (Å²) in [5, 5.41) is 14.6. The van der Waals surface area contributed by atoms with E-state index in [-0.39, 0.29) is 31.2 Å². The van der Waals surface area contributed by atoms with Crippen molar-refractivity contribution < 1.29 is 24.2 Å². The number of nitrogens with one attached hydrogen (secondary N) is 2. The Labute approximate surface area is 248 Å². The van der Waals surface area contributed by atoms with Gasteiger partial charge in [-0.25, -0.2) is 4.99 Å². The van der Waals surface area contributed by atoms with E-state index in [9.17, 15) is 14.4 Å². The first-order valence-electron chi connectivity index (χ1n) is 12.7. The minimum Gasteiger partial charge on any atom is -0.481 e. The third-order valence-electron chi connectivity index (χ3n) is 5.90. The number of carboxylic acids is 1. The number of amides is 2. The van der Waals surface area contributed by atoms with Gasteiger partial charge in [0.15, 0.2) is 5.96 Å². The number of nitrogens with two attached hydrogens (primary N) is 2. The Balaban J connectivity index is 0.00000484. The molecule has 0 aliphatic carbocycles. The van der Waals surface area contributed by atoms with E-state index in [1.165, 1.54) is 0 Å². The predicted molar refractivity (Wildman–Crippen MR) is 163 cm³/mol. The number of halogens is 1. The van der Waals surface area contributed by atoms with Crippen LogP contribution in [0.3, 0.4) is 0 Å². The van der Waals surface area contributed by atoms with Crippen LogP contribution in [-0.2, 0) is 22.4 Å². The van der Waals surface area contributed by atoms with Crippen LogP contribution in [0.4, 0.5) is 11.4 Å². The van der Waals surface area contributed by atoms with Crippen molar-refractivity contribution >= 4 is 47.5 Å². The van der Waals surface area contributed by atoms with Crippen molar-refractivity contribution in [2.75, 3.05) is 5.32 Å². The van der Waals surface area contributed by atoms with Gasteiger partial charge in [-0.2, -0.15) is 0 Å². The Hall–Kier alpha value is -5.35. The van der Waals surface area contributed by atoms with E-state index in [0.717, 1.165) is 5.56 Å². The summed E-state index contributed by atoms with van der Waals surface area (Å²) in [6.07, 6.45) is 0.0447. The minimum atomic E-state index is -0.953. The van der Waals surface area contributed by atoms with Crippen LogP contribution in [0.25, 0.3) is 0 Å². The number of carboxylic acid groups (broad SMARTS) is 1. The van der Waals surface area contributed by atoms with Crippen LogP contribution >= 0.6 is 12.4 Å². The number of hydrogen-bond acceptors (Lipinski definition) is 5. The van der Waals surface area contributed by atoms with Gasteiger partial charge in [-0.15, -0.1) is 12.4 Å². The van der Waals surface area contributed by atoms with Crippen molar-refractivity contribution in [3.8, 4) is 11.5 Å². The lowest BCUT2D eigenvalue weighted by Gasteiger charge is -2.19. The van der Waals surface area contributed by atoms with E-state index < -0.39 is 23.8 Å². The summed E-state index contributed by atoms with van der Waals surface area (Å²) in [4.78, 5) is 41.4. The van der Waals surface area contributed by atoms with Gasteiger partial charge >= 0.3 is 5.97 Å². The molecule has 0 bridgehead atoms. The van der Waals surface area contributed by atoms with Gasteiger partial charge in [0.2, 0.25) is 5.91 Å². The van der Waals surface area contributed by atoms with Gasteiger partial charge in [0.25, 0.3) is 5.91 Å². The number of para-hydroxylation sites is 1. The number of guanidine groups is 1. The first kappa shape index (κ1) is 31.2. The lowest BCUT2D eigenvalue weighted by molar-refractivity contribution is -0.136. The number of carbonyl (C=O) groups is 3. The van der Waals surface area contributed by atoms with Crippen LogP contribution in [0.15, 0.2) is 108 Å². The van der Waals surface area contributed by atoms with Crippen molar-refractivity contribution in [2.24, 2.45) is 16.5 Å². The van der Waals surface area contributed by atoms with Crippen molar-refractivity contribution in [3.05, 3.63) is 120 Å². The number of ether oxygens (including phenoxy) is 1. The molecule has 0 aromatic heterocycles. The molecule has 0 aliphatic heterocycles. The zero-order valence-electron chi connectivity index (χ0n) is 22.4. The van der Waals surface area contributed by atoms with E-state index in [1.54, 1.807) is 54.6 Å². The van der Waals surface area contributed by atoms with Crippen LogP contribution in [0, 0.1) is 0 Å². The Morgan fingerprint density at radius 1 is 0.810 bits per heavy atom. The molecule has 2 amide bonds. The molecule has 0 saturated heterocycles. The van der Waals surface area contributed by atoms with Crippen LogP contribution < -0.4 is 26.8 Å². The van der Waals surface area contributed by atoms with Crippen LogP contribution in [-0.4, -0.2) is 34.9 Å². The second-order valence-electron chi connectivity index (χ2n) is 9.13. The third-order valence-corrected chi connectivity index (χ3v) is 5.90. The van der Waals surface area contributed by atoms with Gasteiger partial charge in [-0.05, 0) is 71.8 Å². The van der Waals surface area contributed by atoms with Gasteiger partial charge in [-0.3, -0.25) is 14.4 Å². The molecule has 0 fully saturated rings. The summed E-state index contributed by atoms with van der Waals surface area (Å²) in [5.41, 5.74) is 13.4. The highest BCUT2D eigenvalue weighted by molar-refractivity contribution is 6.01. The summed E-state index contributed by atoms with van der Waals surface area (Å²) in [7, 11) is 0. The summed E-state index contributed by atoms with van der Waals surface area (Å²) >= 11 is 0. The topological polar surface area (TPSA) is 169 Å². The molecule has 11 heteroatoms. The SMILES string of the molecule is Cl.NC(N)=Nc1ccc(C(=O)NC(Cc2cccc(Oc3ccccc3)c2)C(=O)Nc2ccc(CC(=O)O)cc2)cc1. The van der Waals surface area contributed by atoms with Crippen molar-refractivity contribution in [1.29, 1.82) is 0 Å². The molecule has 0 radical (unpaired) electrons. The quantitative estimate of drug-likeness (QED) is 0.128. The number of nitrogens with zero attached hydrogens (tertiary/aromatic N) is 1. The molecule has 4 aromatic rings. The fraction of sp³-hybridized carbons (Fsp3) is 0.0968. The second-order valence-corrected chi connectivity index (χ2v) is 9.13. The van der Waals surface area contributed by atoms with Gasteiger partial charge in [0, 0.05) is 17.7 Å². The molecule has 0 saturated carbocycles. The third kappa shape index (κ3) is 9.39. The zero-order valence-corrected chi connectivity index (χ0v) is 23.2. The fourth-order valence-corrected chi connectivity index (χ4v) is 3.99. The summed E-state index contributed by atoms with van der Waals surface area (Å²) in [6.45, 7) is 0. The Kier molecular flexibility index (Phi) is 11.0. The van der Waals surface area contributed by atoms with E-state index in [1.807, 2.05) is 48.5 Å². The first-order valence-corrected chi connectivity index (χ1v) is 12.7. The number of hydrogen-bond donors (Lipinski definition) is 5. The zero-order chi connectivity index (χ0) is 29.2. The molecular weight excluding hydrogens is 558 g/mol. The number of benzene rings is 4. The molecule has 10 nitrogen and oxygen atoms in total. The minimum absolute atomic E-state index is 0. The van der Waals surface area contributed by atoms with Crippen LogP contribution in [0.2, 0.25) is 0 Å². The molecule has 4 rings (SSSR count). The van der Waals surface area contributed by atoms with E-state index in [4.69, 9.17) is 21.3 Å². The van der Waals surface area contributed by atoms with Gasteiger partial charge < -0.3 is 31.9 Å². The molecule has 1 unspecified atom stereocenters. The Morgan fingerprint density at radius 3 is 2.12 bits per heavy atom. The van der Waals surface area contributed by atoms with Gasteiger partial charge in [0.05, 0.1) is 12.1 Å². The Bertz CT molecular complexity index is 1540. The van der Waals surface area contributed by atoms with Crippen molar-refractivity contribution in [1.82, 2.24) is 5.32 Å². The monoisotopic (exact) mass is 587 g/mol. The predicted octanol–water partition coefficient (Wildman–Crippen LogP) is 4.41. The highest BCUT2D eigenvalue weighted by Gasteiger charge is 2.23. The number of aliphatic carboxylic acids is 1. The first-order chi connectivity index (χ1) is 19.7. The summed E-state index contributed by atoms with van der Waals surface area (Å²) in [6, 6.07) is 28.4. The maximum Gasteiger partial charge on any atom is 0.307 e. The van der Waals surface area contributed by atoms with Crippen molar-refractivity contribution in [2.45, 2.75) is 18.9 Å². The summed E-state index contributed by atoms with van der Waals surface area (Å²) in [5.74, 6) is -0.709. The normalized spacial score (nSPS) is 10.9. The fourth-order valence-electron chi connectivity index (χ4n) is 3.99. The van der Waals surface area contributed by atoms with E-state index in [0.29, 0.717) is 34.0 Å².